The first-order chi connectivity index (χ1) is 16.1. The highest BCUT2D eigenvalue weighted by Gasteiger charge is 2.21. The fourth-order valence-corrected chi connectivity index (χ4v) is 3.96. The molecule has 2 heterocycles. The average molecular weight is 449 g/mol. The Balaban J connectivity index is 1.27. The minimum absolute atomic E-state index is 0.0236. The predicted molar refractivity (Wildman–Crippen MR) is 119 cm³/mol. The third-order valence-electron chi connectivity index (χ3n) is 5.89. The van der Waals surface area contributed by atoms with Gasteiger partial charge in [0.1, 0.15) is 30.3 Å². The van der Waals surface area contributed by atoms with Crippen molar-refractivity contribution in [3.05, 3.63) is 71.6 Å². The molecule has 0 saturated carbocycles. The van der Waals surface area contributed by atoms with Crippen LogP contribution in [0.25, 0.3) is 5.69 Å². The SMILES string of the molecule is COc1cc(F)c(C#N)cc1CCN1CCN(C(=O)Cc2ccc(-n3cncn3)cc2)CC1. The Morgan fingerprint density at radius 3 is 2.58 bits per heavy atom. The number of halogens is 1. The quantitative estimate of drug-likeness (QED) is 0.551. The molecule has 0 atom stereocenters. The lowest BCUT2D eigenvalue weighted by atomic mass is 10.1. The van der Waals surface area contributed by atoms with Gasteiger partial charge in [0.2, 0.25) is 5.91 Å². The van der Waals surface area contributed by atoms with Crippen molar-refractivity contribution in [1.29, 1.82) is 5.26 Å². The van der Waals surface area contributed by atoms with E-state index in [1.54, 1.807) is 17.1 Å². The Morgan fingerprint density at radius 2 is 1.94 bits per heavy atom. The van der Waals surface area contributed by atoms with E-state index in [4.69, 9.17) is 10.00 Å². The van der Waals surface area contributed by atoms with Gasteiger partial charge in [0, 0.05) is 38.8 Å². The van der Waals surface area contributed by atoms with Gasteiger partial charge < -0.3 is 9.64 Å². The maximum Gasteiger partial charge on any atom is 0.227 e. The van der Waals surface area contributed by atoms with E-state index >= 15 is 0 Å². The van der Waals surface area contributed by atoms with E-state index in [0.717, 1.165) is 36.4 Å². The van der Waals surface area contributed by atoms with Gasteiger partial charge >= 0.3 is 0 Å². The van der Waals surface area contributed by atoms with Gasteiger partial charge in [-0.15, -0.1) is 0 Å². The molecule has 1 amide bonds. The average Bonchev–Trinajstić information content (AvgIpc) is 3.39. The molecule has 1 aromatic heterocycles. The summed E-state index contributed by atoms with van der Waals surface area (Å²) in [6.45, 7) is 3.62. The van der Waals surface area contributed by atoms with E-state index in [9.17, 15) is 9.18 Å². The Labute approximate surface area is 191 Å². The summed E-state index contributed by atoms with van der Waals surface area (Å²) in [7, 11) is 1.50. The largest absolute Gasteiger partial charge is 0.496 e. The molecule has 3 aromatic rings. The molecule has 1 aliphatic rings. The number of hydrogen-bond donors (Lipinski definition) is 0. The number of aromatic nitrogens is 3. The lowest BCUT2D eigenvalue weighted by Crippen LogP contribution is -2.49. The van der Waals surface area contributed by atoms with Crippen molar-refractivity contribution in [1.82, 2.24) is 24.6 Å². The Kier molecular flexibility index (Phi) is 6.95. The molecular formula is C24H25FN6O2. The number of piperazine rings is 1. The molecule has 1 aliphatic heterocycles. The fourth-order valence-electron chi connectivity index (χ4n) is 3.96. The summed E-state index contributed by atoms with van der Waals surface area (Å²) in [5.41, 5.74) is 2.69. The fraction of sp³-hybridized carbons (Fsp3) is 0.333. The Bertz CT molecular complexity index is 1130. The first-order valence-electron chi connectivity index (χ1n) is 10.8. The van der Waals surface area contributed by atoms with Gasteiger partial charge in [-0.3, -0.25) is 9.69 Å². The number of carbonyl (C=O) groups excluding carboxylic acids is 1. The molecule has 1 fully saturated rings. The van der Waals surface area contributed by atoms with Crippen LogP contribution >= 0.6 is 0 Å². The topological polar surface area (TPSA) is 87.3 Å². The summed E-state index contributed by atoms with van der Waals surface area (Å²) >= 11 is 0. The summed E-state index contributed by atoms with van der Waals surface area (Å²) in [6, 6.07) is 12.4. The highest BCUT2D eigenvalue weighted by atomic mass is 19.1. The van der Waals surface area contributed by atoms with Crippen LogP contribution in [0.1, 0.15) is 16.7 Å². The highest BCUT2D eigenvalue weighted by Crippen LogP contribution is 2.23. The van der Waals surface area contributed by atoms with Crippen LogP contribution in [0.3, 0.4) is 0 Å². The van der Waals surface area contributed by atoms with E-state index in [1.807, 2.05) is 35.2 Å². The summed E-state index contributed by atoms with van der Waals surface area (Å²) < 4.78 is 20.8. The van der Waals surface area contributed by atoms with E-state index in [1.165, 1.54) is 19.5 Å². The molecule has 2 aromatic carbocycles. The van der Waals surface area contributed by atoms with Crippen molar-refractivity contribution >= 4 is 5.91 Å². The molecule has 0 spiro atoms. The molecule has 33 heavy (non-hydrogen) atoms. The molecule has 0 bridgehead atoms. The zero-order valence-corrected chi connectivity index (χ0v) is 18.4. The van der Waals surface area contributed by atoms with Gasteiger partial charge in [-0.05, 0) is 35.7 Å². The number of rotatable bonds is 7. The normalized spacial score (nSPS) is 14.2. The van der Waals surface area contributed by atoms with Crippen molar-refractivity contribution in [2.24, 2.45) is 0 Å². The second-order valence-corrected chi connectivity index (χ2v) is 7.91. The number of carbonyl (C=O) groups is 1. The molecule has 1 saturated heterocycles. The molecular weight excluding hydrogens is 423 g/mol. The predicted octanol–water partition coefficient (Wildman–Crippen LogP) is 2.22. The molecule has 0 N–H and O–H groups in total. The molecule has 9 heteroatoms. The first-order valence-corrected chi connectivity index (χ1v) is 10.8. The Morgan fingerprint density at radius 1 is 1.18 bits per heavy atom. The lowest BCUT2D eigenvalue weighted by molar-refractivity contribution is -0.132. The first kappa shape index (κ1) is 22.4. The lowest BCUT2D eigenvalue weighted by Gasteiger charge is -2.35. The number of amides is 1. The monoisotopic (exact) mass is 448 g/mol. The number of benzene rings is 2. The van der Waals surface area contributed by atoms with Gasteiger partial charge in [0.15, 0.2) is 0 Å². The van der Waals surface area contributed by atoms with Crippen LogP contribution < -0.4 is 4.74 Å². The van der Waals surface area contributed by atoms with Gasteiger partial charge in [-0.1, -0.05) is 12.1 Å². The molecule has 8 nitrogen and oxygen atoms in total. The number of hydrogen-bond acceptors (Lipinski definition) is 6. The summed E-state index contributed by atoms with van der Waals surface area (Å²) in [4.78, 5) is 20.9. The van der Waals surface area contributed by atoms with E-state index < -0.39 is 5.82 Å². The van der Waals surface area contributed by atoms with E-state index in [2.05, 4.69) is 15.0 Å². The van der Waals surface area contributed by atoms with Crippen molar-refractivity contribution in [3.63, 3.8) is 0 Å². The highest BCUT2D eigenvalue weighted by molar-refractivity contribution is 5.79. The third kappa shape index (κ3) is 5.35. The van der Waals surface area contributed by atoms with Crippen LogP contribution in [0.15, 0.2) is 49.1 Å². The van der Waals surface area contributed by atoms with Gasteiger partial charge in [-0.2, -0.15) is 10.4 Å². The van der Waals surface area contributed by atoms with E-state index in [0.29, 0.717) is 31.7 Å². The number of nitrogens with zero attached hydrogens (tertiary/aromatic N) is 6. The summed E-state index contributed by atoms with van der Waals surface area (Å²) in [6.07, 6.45) is 4.12. The van der Waals surface area contributed by atoms with Gasteiger partial charge in [-0.25, -0.2) is 14.1 Å². The van der Waals surface area contributed by atoms with Crippen molar-refractivity contribution in [2.45, 2.75) is 12.8 Å². The van der Waals surface area contributed by atoms with Crippen LogP contribution in [0.5, 0.6) is 5.75 Å². The van der Waals surface area contributed by atoms with Crippen LogP contribution in [-0.4, -0.2) is 70.3 Å². The number of methoxy groups -OCH3 is 1. The number of nitriles is 1. The third-order valence-corrected chi connectivity index (χ3v) is 5.89. The van der Waals surface area contributed by atoms with Crippen molar-refractivity contribution in [2.75, 3.05) is 39.8 Å². The number of ether oxygens (including phenoxy) is 1. The smallest absolute Gasteiger partial charge is 0.227 e. The summed E-state index contributed by atoms with van der Waals surface area (Å²) in [5.74, 6) is -0.00423. The minimum Gasteiger partial charge on any atom is -0.496 e. The molecule has 170 valence electrons. The molecule has 0 aliphatic carbocycles. The standard InChI is InChI=1S/C24H25FN6O2/c1-33-23-14-22(25)20(15-26)13-19(23)6-7-29-8-10-30(11-9-29)24(32)12-18-2-4-21(5-3-18)31-17-27-16-28-31/h2-5,13-14,16-17H,6-12H2,1H3. The van der Waals surface area contributed by atoms with E-state index in [-0.39, 0.29) is 11.5 Å². The van der Waals surface area contributed by atoms with Gasteiger partial charge in [0.05, 0.1) is 24.8 Å². The van der Waals surface area contributed by atoms with Crippen LogP contribution in [0.2, 0.25) is 0 Å². The maximum absolute atomic E-state index is 13.8. The van der Waals surface area contributed by atoms with Crippen molar-refractivity contribution in [3.8, 4) is 17.5 Å². The summed E-state index contributed by atoms with van der Waals surface area (Å²) in [5, 5.41) is 13.2. The second-order valence-electron chi connectivity index (χ2n) is 7.91. The van der Waals surface area contributed by atoms with Crippen LogP contribution in [-0.2, 0) is 17.6 Å². The van der Waals surface area contributed by atoms with Crippen LogP contribution in [0.4, 0.5) is 4.39 Å². The second kappa shape index (κ2) is 10.2. The molecule has 0 radical (unpaired) electrons. The minimum atomic E-state index is -0.571. The zero-order valence-electron chi connectivity index (χ0n) is 18.4. The van der Waals surface area contributed by atoms with Gasteiger partial charge in [0.25, 0.3) is 0 Å². The van der Waals surface area contributed by atoms with Crippen molar-refractivity contribution < 1.29 is 13.9 Å². The van der Waals surface area contributed by atoms with Crippen LogP contribution in [0, 0.1) is 17.1 Å². The molecule has 0 unspecified atom stereocenters. The molecule has 4 rings (SSSR count). The maximum atomic E-state index is 13.8. The Hall–Kier alpha value is -3.77. The zero-order chi connectivity index (χ0) is 23.2.